The highest BCUT2D eigenvalue weighted by molar-refractivity contribution is 7.51. The molecular formula is C14H30O3P. The van der Waals surface area contributed by atoms with Crippen molar-refractivity contribution in [1.82, 2.24) is 0 Å². The summed E-state index contributed by atoms with van der Waals surface area (Å²) in [5.41, 5.74) is 0. The van der Waals surface area contributed by atoms with E-state index in [1.165, 1.54) is 38.5 Å². The van der Waals surface area contributed by atoms with Crippen LogP contribution in [0.2, 0.25) is 0 Å². The van der Waals surface area contributed by atoms with Gasteiger partial charge in [-0.25, -0.2) is 0 Å². The predicted octanol–water partition coefficient (Wildman–Crippen LogP) is 4.68. The molecule has 0 fully saturated rings. The van der Waals surface area contributed by atoms with E-state index in [1.807, 2.05) is 0 Å². The van der Waals surface area contributed by atoms with E-state index in [0.29, 0.717) is 6.42 Å². The van der Waals surface area contributed by atoms with E-state index in [-0.39, 0.29) is 6.16 Å². The SMILES string of the molecule is CCCCCCC[CH]CCCCCCP(=O)(O)O. The van der Waals surface area contributed by atoms with Crippen molar-refractivity contribution in [2.45, 2.75) is 77.6 Å². The summed E-state index contributed by atoms with van der Waals surface area (Å²) in [6.07, 6.45) is 15.4. The smallest absolute Gasteiger partial charge is 0.324 e. The van der Waals surface area contributed by atoms with Crippen molar-refractivity contribution in [3.8, 4) is 0 Å². The lowest BCUT2D eigenvalue weighted by atomic mass is 10.1. The fourth-order valence-electron chi connectivity index (χ4n) is 2.00. The molecule has 0 aliphatic carbocycles. The lowest BCUT2D eigenvalue weighted by Gasteiger charge is -2.04. The Hall–Kier alpha value is 0.150. The van der Waals surface area contributed by atoms with Gasteiger partial charge in [0.05, 0.1) is 0 Å². The van der Waals surface area contributed by atoms with Crippen molar-refractivity contribution < 1.29 is 14.4 Å². The first-order chi connectivity index (χ1) is 8.56. The highest BCUT2D eigenvalue weighted by Gasteiger charge is 2.10. The first-order valence-corrected chi connectivity index (χ1v) is 9.22. The molecule has 0 saturated heterocycles. The van der Waals surface area contributed by atoms with Gasteiger partial charge in [-0.3, -0.25) is 4.57 Å². The van der Waals surface area contributed by atoms with Gasteiger partial charge in [0.15, 0.2) is 0 Å². The topological polar surface area (TPSA) is 57.5 Å². The molecule has 18 heavy (non-hydrogen) atoms. The van der Waals surface area contributed by atoms with Gasteiger partial charge in [0.2, 0.25) is 0 Å². The second-order valence-electron chi connectivity index (χ2n) is 5.08. The van der Waals surface area contributed by atoms with E-state index in [9.17, 15) is 4.57 Å². The fourth-order valence-corrected chi connectivity index (χ4v) is 2.63. The second kappa shape index (κ2) is 12.2. The lowest BCUT2D eigenvalue weighted by molar-refractivity contribution is 0.370. The van der Waals surface area contributed by atoms with E-state index < -0.39 is 7.60 Å². The zero-order valence-electron chi connectivity index (χ0n) is 11.8. The van der Waals surface area contributed by atoms with Gasteiger partial charge >= 0.3 is 7.60 Å². The van der Waals surface area contributed by atoms with Crippen LogP contribution < -0.4 is 0 Å². The summed E-state index contributed by atoms with van der Waals surface area (Å²) in [6.45, 7) is 2.23. The minimum absolute atomic E-state index is 0.0497. The Labute approximate surface area is 113 Å². The maximum atomic E-state index is 10.6. The summed E-state index contributed by atoms with van der Waals surface area (Å²) >= 11 is 0. The first kappa shape index (κ1) is 18.1. The van der Waals surface area contributed by atoms with Crippen molar-refractivity contribution in [3.05, 3.63) is 6.42 Å². The highest BCUT2D eigenvalue weighted by atomic mass is 31.2. The molecule has 0 saturated carbocycles. The minimum Gasteiger partial charge on any atom is -0.324 e. The van der Waals surface area contributed by atoms with Gasteiger partial charge in [-0.05, 0) is 12.8 Å². The molecule has 0 amide bonds. The number of unbranched alkanes of at least 4 members (excludes halogenated alkanes) is 11. The van der Waals surface area contributed by atoms with Gasteiger partial charge in [0.1, 0.15) is 0 Å². The largest absolute Gasteiger partial charge is 0.325 e. The Morgan fingerprint density at radius 3 is 1.83 bits per heavy atom. The Balaban J connectivity index is 3.01. The standard InChI is InChI=1S/C14H30O3P/c1-2-3-4-5-6-7-8-9-10-11-12-13-14-18(15,16)17/h8H,2-7,9-14H2,1H3,(H2,15,16,17). The molecule has 4 heteroatoms. The second-order valence-corrected chi connectivity index (χ2v) is 6.86. The maximum Gasteiger partial charge on any atom is 0.325 e. The van der Waals surface area contributed by atoms with E-state index in [1.54, 1.807) is 0 Å². The lowest BCUT2D eigenvalue weighted by Crippen LogP contribution is -1.88. The zero-order chi connectivity index (χ0) is 13.7. The van der Waals surface area contributed by atoms with Crippen LogP contribution in [0.25, 0.3) is 0 Å². The van der Waals surface area contributed by atoms with Crippen LogP contribution in [0, 0.1) is 6.42 Å². The number of hydrogen-bond donors (Lipinski definition) is 2. The molecule has 1 radical (unpaired) electrons. The average Bonchev–Trinajstić information content (AvgIpc) is 2.29. The van der Waals surface area contributed by atoms with Crippen molar-refractivity contribution >= 4 is 7.60 Å². The molecule has 0 unspecified atom stereocenters. The summed E-state index contributed by atoms with van der Waals surface area (Å²) < 4.78 is 10.6. The van der Waals surface area contributed by atoms with Crippen molar-refractivity contribution in [2.75, 3.05) is 6.16 Å². The molecule has 0 aromatic carbocycles. The van der Waals surface area contributed by atoms with Crippen LogP contribution in [-0.4, -0.2) is 15.9 Å². The van der Waals surface area contributed by atoms with Crippen LogP contribution in [0.15, 0.2) is 0 Å². The van der Waals surface area contributed by atoms with Crippen LogP contribution in [0.4, 0.5) is 0 Å². The monoisotopic (exact) mass is 277 g/mol. The molecule has 0 rings (SSSR count). The highest BCUT2D eigenvalue weighted by Crippen LogP contribution is 2.35. The van der Waals surface area contributed by atoms with Gasteiger partial charge in [0.25, 0.3) is 0 Å². The van der Waals surface area contributed by atoms with Crippen LogP contribution >= 0.6 is 7.60 Å². The summed E-state index contributed by atoms with van der Waals surface area (Å²) in [4.78, 5) is 17.4. The molecule has 109 valence electrons. The van der Waals surface area contributed by atoms with Gasteiger partial charge in [-0.2, -0.15) is 0 Å². The number of hydrogen-bond acceptors (Lipinski definition) is 1. The number of rotatable bonds is 13. The Morgan fingerprint density at radius 2 is 1.33 bits per heavy atom. The third-order valence-corrected chi connectivity index (χ3v) is 4.02. The van der Waals surface area contributed by atoms with Gasteiger partial charge in [0, 0.05) is 6.16 Å². The van der Waals surface area contributed by atoms with Crippen LogP contribution in [0.5, 0.6) is 0 Å². The third kappa shape index (κ3) is 16.1. The molecule has 0 aliphatic rings. The molecule has 0 aromatic heterocycles. The summed E-state index contributed by atoms with van der Waals surface area (Å²) in [5.74, 6) is 0. The Bertz CT molecular complexity index is 213. The summed E-state index contributed by atoms with van der Waals surface area (Å²) in [5, 5.41) is 0. The molecule has 0 atom stereocenters. The summed E-state index contributed by atoms with van der Waals surface area (Å²) in [6, 6.07) is 0. The minimum atomic E-state index is -3.75. The van der Waals surface area contributed by atoms with E-state index in [2.05, 4.69) is 13.3 Å². The van der Waals surface area contributed by atoms with Gasteiger partial charge < -0.3 is 9.79 Å². The fraction of sp³-hybridized carbons (Fsp3) is 0.929. The molecule has 2 N–H and O–H groups in total. The summed E-state index contributed by atoms with van der Waals surface area (Å²) in [7, 11) is -3.75. The Kier molecular flexibility index (Phi) is 12.3. The average molecular weight is 277 g/mol. The van der Waals surface area contributed by atoms with Crippen molar-refractivity contribution in [1.29, 1.82) is 0 Å². The molecule has 0 spiro atoms. The van der Waals surface area contributed by atoms with Gasteiger partial charge in [-0.1, -0.05) is 71.1 Å². The van der Waals surface area contributed by atoms with Crippen molar-refractivity contribution in [3.63, 3.8) is 0 Å². The normalized spacial score (nSPS) is 11.9. The van der Waals surface area contributed by atoms with Crippen LogP contribution in [0.3, 0.4) is 0 Å². The van der Waals surface area contributed by atoms with Gasteiger partial charge in [-0.15, -0.1) is 0 Å². The quantitative estimate of drug-likeness (QED) is 0.379. The molecule has 0 aliphatic heterocycles. The predicted molar refractivity (Wildman–Crippen MR) is 77.7 cm³/mol. The zero-order valence-corrected chi connectivity index (χ0v) is 12.7. The third-order valence-electron chi connectivity index (χ3n) is 3.12. The molecular weight excluding hydrogens is 247 g/mol. The van der Waals surface area contributed by atoms with Crippen LogP contribution in [0.1, 0.15) is 77.6 Å². The van der Waals surface area contributed by atoms with E-state index in [0.717, 1.165) is 25.7 Å². The first-order valence-electron chi connectivity index (χ1n) is 7.42. The molecule has 0 heterocycles. The maximum absolute atomic E-state index is 10.6. The molecule has 0 aromatic rings. The van der Waals surface area contributed by atoms with Crippen molar-refractivity contribution in [2.24, 2.45) is 0 Å². The van der Waals surface area contributed by atoms with Crippen LogP contribution in [-0.2, 0) is 4.57 Å². The molecule has 3 nitrogen and oxygen atoms in total. The van der Waals surface area contributed by atoms with E-state index >= 15 is 0 Å². The van der Waals surface area contributed by atoms with E-state index in [4.69, 9.17) is 9.79 Å². The Morgan fingerprint density at radius 1 is 0.833 bits per heavy atom. The molecule has 0 bridgehead atoms.